The highest BCUT2D eigenvalue weighted by atomic mass is 32.2. The number of thioether (sulfide) groups is 1. The van der Waals surface area contributed by atoms with Crippen LogP contribution >= 0.6 is 11.8 Å². The first-order chi connectivity index (χ1) is 8.82. The van der Waals surface area contributed by atoms with Gasteiger partial charge in [-0.1, -0.05) is 19.3 Å². The summed E-state index contributed by atoms with van der Waals surface area (Å²) in [6.07, 6.45) is 8.68. The summed E-state index contributed by atoms with van der Waals surface area (Å²) in [7, 11) is 0. The van der Waals surface area contributed by atoms with Gasteiger partial charge in [-0.25, -0.2) is 0 Å². The maximum atomic E-state index is 12.8. The minimum atomic E-state index is 0.163. The van der Waals surface area contributed by atoms with Gasteiger partial charge in [0.15, 0.2) is 0 Å². The highest BCUT2D eigenvalue weighted by molar-refractivity contribution is 8.00. The first-order valence-electron chi connectivity index (χ1n) is 7.46. The van der Waals surface area contributed by atoms with Gasteiger partial charge in [0, 0.05) is 19.6 Å². The molecule has 2 heterocycles. The summed E-state index contributed by atoms with van der Waals surface area (Å²) in [4.78, 5) is 15.0. The second-order valence-corrected chi connectivity index (χ2v) is 7.26. The van der Waals surface area contributed by atoms with Crippen molar-refractivity contribution >= 4 is 17.7 Å². The van der Waals surface area contributed by atoms with Crippen LogP contribution in [0.1, 0.15) is 44.9 Å². The highest BCUT2D eigenvalue weighted by Gasteiger charge is 2.44. The minimum absolute atomic E-state index is 0.163. The number of hydrogen-bond donors (Lipinski definition) is 1. The zero-order valence-electron chi connectivity index (χ0n) is 11.1. The lowest BCUT2D eigenvalue weighted by atomic mass is 9.79. The van der Waals surface area contributed by atoms with Crippen molar-refractivity contribution in [2.75, 3.05) is 25.4 Å². The van der Waals surface area contributed by atoms with Crippen LogP contribution in [-0.2, 0) is 4.79 Å². The fourth-order valence-electron chi connectivity index (χ4n) is 3.79. The van der Waals surface area contributed by atoms with Crippen molar-refractivity contribution in [3.05, 3.63) is 0 Å². The summed E-state index contributed by atoms with van der Waals surface area (Å²) < 4.78 is 0. The molecule has 0 bridgehead atoms. The van der Waals surface area contributed by atoms with Crippen LogP contribution in [0.15, 0.2) is 0 Å². The van der Waals surface area contributed by atoms with Crippen molar-refractivity contribution < 1.29 is 4.79 Å². The Balaban J connectivity index is 1.76. The third kappa shape index (κ3) is 2.29. The predicted octanol–water partition coefficient (Wildman–Crippen LogP) is 2.02. The molecule has 0 aromatic rings. The van der Waals surface area contributed by atoms with E-state index in [0.29, 0.717) is 5.91 Å². The molecule has 3 rings (SSSR count). The Morgan fingerprint density at radius 1 is 1.22 bits per heavy atom. The second-order valence-electron chi connectivity index (χ2n) is 5.95. The molecular weight excluding hydrogens is 244 g/mol. The number of amides is 1. The van der Waals surface area contributed by atoms with Crippen LogP contribution in [0.4, 0.5) is 0 Å². The van der Waals surface area contributed by atoms with Crippen LogP contribution < -0.4 is 5.32 Å². The maximum absolute atomic E-state index is 12.8. The van der Waals surface area contributed by atoms with Crippen molar-refractivity contribution in [1.29, 1.82) is 0 Å². The highest BCUT2D eigenvalue weighted by Crippen LogP contribution is 2.37. The van der Waals surface area contributed by atoms with Gasteiger partial charge in [-0.05, 0) is 31.4 Å². The molecule has 1 aliphatic carbocycles. The molecule has 0 aromatic carbocycles. The quantitative estimate of drug-likeness (QED) is 0.789. The van der Waals surface area contributed by atoms with Crippen LogP contribution in [0.3, 0.4) is 0 Å². The van der Waals surface area contributed by atoms with Crippen LogP contribution in [0.5, 0.6) is 0 Å². The molecule has 1 saturated carbocycles. The molecule has 1 N–H and O–H groups in total. The van der Waals surface area contributed by atoms with E-state index in [9.17, 15) is 4.79 Å². The Morgan fingerprint density at radius 2 is 2.06 bits per heavy atom. The third-order valence-corrected chi connectivity index (χ3v) is 6.16. The third-order valence-electron chi connectivity index (χ3n) is 4.79. The van der Waals surface area contributed by atoms with E-state index in [1.807, 2.05) is 11.8 Å². The lowest BCUT2D eigenvalue weighted by molar-refractivity contribution is -0.140. The Hall–Kier alpha value is -0.220. The normalized spacial score (nSPS) is 31.8. The zero-order chi connectivity index (χ0) is 12.4. The summed E-state index contributed by atoms with van der Waals surface area (Å²) in [6.45, 7) is 2.93. The van der Waals surface area contributed by atoms with E-state index in [0.717, 1.165) is 26.1 Å². The number of nitrogens with zero attached hydrogens (tertiary/aromatic N) is 1. The molecule has 18 heavy (non-hydrogen) atoms. The average molecular weight is 268 g/mol. The summed E-state index contributed by atoms with van der Waals surface area (Å²) >= 11 is 1.88. The maximum Gasteiger partial charge on any atom is 0.236 e. The number of rotatable bonds is 1. The Morgan fingerprint density at radius 3 is 2.78 bits per heavy atom. The number of hydrogen-bond acceptors (Lipinski definition) is 3. The molecule has 2 aliphatic heterocycles. The number of piperazine rings is 1. The fourth-order valence-corrected chi connectivity index (χ4v) is 5.01. The zero-order valence-corrected chi connectivity index (χ0v) is 11.9. The topological polar surface area (TPSA) is 32.3 Å². The summed E-state index contributed by atoms with van der Waals surface area (Å²) in [5.41, 5.74) is 0.163. The predicted molar refractivity (Wildman–Crippen MR) is 75.9 cm³/mol. The van der Waals surface area contributed by atoms with E-state index in [1.54, 1.807) is 0 Å². The van der Waals surface area contributed by atoms with E-state index in [1.165, 1.54) is 44.3 Å². The van der Waals surface area contributed by atoms with E-state index in [2.05, 4.69) is 10.2 Å². The number of carbonyl (C=O) groups excluding carboxylic acids is 1. The molecular formula is C14H24N2OS. The van der Waals surface area contributed by atoms with Gasteiger partial charge in [0.25, 0.3) is 0 Å². The molecule has 0 aromatic heterocycles. The lowest BCUT2D eigenvalue weighted by Crippen LogP contribution is -2.64. The first-order valence-corrected chi connectivity index (χ1v) is 8.51. The smallest absolute Gasteiger partial charge is 0.236 e. The molecule has 1 atom stereocenters. The molecule has 0 radical (unpaired) electrons. The Labute approximate surface area is 114 Å². The average Bonchev–Trinajstić information content (AvgIpc) is 2.93. The van der Waals surface area contributed by atoms with Gasteiger partial charge in [-0.2, -0.15) is 0 Å². The first kappa shape index (κ1) is 12.8. The second kappa shape index (κ2) is 5.41. The number of nitrogens with one attached hydrogen (secondary N) is 1. The molecule has 4 heteroatoms. The van der Waals surface area contributed by atoms with Crippen LogP contribution in [-0.4, -0.2) is 47.0 Å². The van der Waals surface area contributed by atoms with Gasteiger partial charge in [0.2, 0.25) is 5.91 Å². The van der Waals surface area contributed by atoms with Crippen LogP contribution in [0.25, 0.3) is 0 Å². The fraction of sp³-hybridized carbons (Fsp3) is 0.929. The van der Waals surface area contributed by atoms with Gasteiger partial charge in [-0.3, -0.25) is 4.79 Å². The van der Waals surface area contributed by atoms with Crippen molar-refractivity contribution in [2.24, 2.45) is 0 Å². The Kier molecular flexibility index (Phi) is 3.85. The summed E-state index contributed by atoms with van der Waals surface area (Å²) in [5.74, 6) is 1.62. The monoisotopic (exact) mass is 268 g/mol. The van der Waals surface area contributed by atoms with Gasteiger partial charge in [0.1, 0.15) is 0 Å². The van der Waals surface area contributed by atoms with Gasteiger partial charge >= 0.3 is 0 Å². The minimum Gasteiger partial charge on any atom is -0.334 e. The molecule has 3 aliphatic rings. The van der Waals surface area contributed by atoms with Crippen LogP contribution in [0.2, 0.25) is 0 Å². The van der Waals surface area contributed by atoms with Crippen LogP contribution in [0, 0.1) is 0 Å². The van der Waals surface area contributed by atoms with Gasteiger partial charge in [-0.15, -0.1) is 11.8 Å². The van der Waals surface area contributed by atoms with Crippen molar-refractivity contribution in [1.82, 2.24) is 10.2 Å². The molecule has 102 valence electrons. The molecule has 1 unspecified atom stereocenters. The van der Waals surface area contributed by atoms with E-state index in [4.69, 9.17) is 0 Å². The number of carbonyl (C=O) groups is 1. The molecule has 3 nitrogen and oxygen atoms in total. The SMILES string of the molecule is O=C(C1CCCS1)N1CCNCC12CCCCC2. The largest absolute Gasteiger partial charge is 0.334 e. The van der Waals surface area contributed by atoms with Crippen molar-refractivity contribution in [3.63, 3.8) is 0 Å². The Bertz CT molecular complexity index is 301. The van der Waals surface area contributed by atoms with E-state index >= 15 is 0 Å². The van der Waals surface area contributed by atoms with Crippen molar-refractivity contribution in [3.8, 4) is 0 Å². The molecule has 1 amide bonds. The summed E-state index contributed by atoms with van der Waals surface area (Å²) in [6, 6.07) is 0. The van der Waals surface area contributed by atoms with Crippen molar-refractivity contribution in [2.45, 2.75) is 55.7 Å². The van der Waals surface area contributed by atoms with Gasteiger partial charge < -0.3 is 10.2 Å². The standard InChI is InChI=1S/C14H24N2OS/c17-13(12-5-4-10-18-12)16-9-8-15-11-14(16)6-2-1-3-7-14/h12,15H,1-11H2. The van der Waals surface area contributed by atoms with E-state index in [-0.39, 0.29) is 10.8 Å². The molecule has 1 spiro atoms. The summed E-state index contributed by atoms with van der Waals surface area (Å²) in [5, 5.41) is 3.79. The lowest BCUT2D eigenvalue weighted by Gasteiger charge is -2.50. The molecule has 3 fully saturated rings. The van der Waals surface area contributed by atoms with E-state index < -0.39 is 0 Å². The molecule has 2 saturated heterocycles. The van der Waals surface area contributed by atoms with Gasteiger partial charge in [0.05, 0.1) is 10.8 Å².